The standard InChI is InChI=1S/C17H29N3O2/c1-18-15(21)14-11-20(12-17(14)9-5-6-10-17)16(22)19-13-7-3-2-4-8-13/h13-14H,2-12H2,1H3,(H,18,21)(H,19,22)/t14-/m0/s1. The van der Waals surface area contributed by atoms with Gasteiger partial charge in [0.15, 0.2) is 0 Å². The Morgan fingerprint density at radius 3 is 2.36 bits per heavy atom. The van der Waals surface area contributed by atoms with Crippen molar-refractivity contribution in [3.05, 3.63) is 0 Å². The van der Waals surface area contributed by atoms with Crippen molar-refractivity contribution in [3.8, 4) is 0 Å². The predicted octanol–water partition coefficient (Wildman–Crippen LogP) is 2.27. The fourth-order valence-electron chi connectivity index (χ4n) is 4.76. The van der Waals surface area contributed by atoms with Crippen molar-refractivity contribution in [3.63, 3.8) is 0 Å². The Morgan fingerprint density at radius 1 is 1.05 bits per heavy atom. The van der Waals surface area contributed by atoms with Gasteiger partial charge in [0.05, 0.1) is 5.92 Å². The van der Waals surface area contributed by atoms with Gasteiger partial charge in [0.1, 0.15) is 0 Å². The number of nitrogens with zero attached hydrogens (tertiary/aromatic N) is 1. The second kappa shape index (κ2) is 6.47. The van der Waals surface area contributed by atoms with Crippen molar-refractivity contribution >= 4 is 11.9 Å². The minimum atomic E-state index is -0.0305. The maximum Gasteiger partial charge on any atom is 0.317 e. The van der Waals surface area contributed by atoms with Gasteiger partial charge in [-0.3, -0.25) is 4.79 Å². The predicted molar refractivity (Wildman–Crippen MR) is 85.4 cm³/mol. The average Bonchev–Trinajstić information content (AvgIpc) is 3.16. The zero-order valence-corrected chi connectivity index (χ0v) is 13.7. The van der Waals surface area contributed by atoms with Gasteiger partial charge in [-0.25, -0.2) is 4.79 Å². The second-order valence-electron chi connectivity index (χ2n) is 7.40. The van der Waals surface area contributed by atoms with Gasteiger partial charge >= 0.3 is 6.03 Å². The Kier molecular flexibility index (Phi) is 4.59. The Balaban J connectivity index is 1.64. The first-order chi connectivity index (χ1) is 10.6. The lowest BCUT2D eigenvalue weighted by molar-refractivity contribution is -0.127. The summed E-state index contributed by atoms with van der Waals surface area (Å²) in [5, 5.41) is 6.00. The Hall–Kier alpha value is -1.26. The van der Waals surface area contributed by atoms with Crippen molar-refractivity contribution in [1.29, 1.82) is 0 Å². The molecular formula is C17H29N3O2. The smallest absolute Gasteiger partial charge is 0.317 e. The fraction of sp³-hybridized carbons (Fsp3) is 0.882. The molecule has 3 rings (SSSR count). The molecule has 0 bridgehead atoms. The van der Waals surface area contributed by atoms with Gasteiger partial charge in [-0.15, -0.1) is 0 Å². The number of urea groups is 1. The third-order valence-corrected chi connectivity index (χ3v) is 6.03. The number of carbonyl (C=O) groups excluding carboxylic acids is 2. The van der Waals surface area contributed by atoms with E-state index in [0.717, 1.165) is 32.2 Å². The molecule has 2 aliphatic carbocycles. The molecule has 1 saturated heterocycles. The molecule has 22 heavy (non-hydrogen) atoms. The fourth-order valence-corrected chi connectivity index (χ4v) is 4.76. The number of carbonyl (C=O) groups is 2. The highest BCUT2D eigenvalue weighted by Crippen LogP contribution is 2.49. The number of hydrogen-bond donors (Lipinski definition) is 2. The van der Waals surface area contributed by atoms with E-state index < -0.39 is 0 Å². The number of amides is 3. The van der Waals surface area contributed by atoms with E-state index >= 15 is 0 Å². The molecule has 0 aromatic carbocycles. The maximum absolute atomic E-state index is 12.6. The van der Waals surface area contributed by atoms with E-state index in [-0.39, 0.29) is 23.3 Å². The molecule has 3 amide bonds. The van der Waals surface area contributed by atoms with Crippen LogP contribution in [0.15, 0.2) is 0 Å². The molecule has 0 aromatic heterocycles. The lowest BCUT2D eigenvalue weighted by atomic mass is 9.76. The molecule has 1 heterocycles. The molecule has 3 aliphatic rings. The maximum atomic E-state index is 12.6. The van der Waals surface area contributed by atoms with Gasteiger partial charge in [-0.05, 0) is 25.7 Å². The normalized spacial score (nSPS) is 28.0. The van der Waals surface area contributed by atoms with E-state index in [4.69, 9.17) is 0 Å². The SMILES string of the molecule is CNC(=O)[C@@H]1CN(C(=O)NC2CCCCC2)CC12CCCC2. The Bertz CT molecular complexity index is 426. The van der Waals surface area contributed by atoms with Gasteiger partial charge in [0, 0.05) is 31.6 Å². The third-order valence-electron chi connectivity index (χ3n) is 6.03. The molecule has 124 valence electrons. The van der Waals surface area contributed by atoms with E-state index in [1.54, 1.807) is 7.05 Å². The third kappa shape index (κ3) is 2.95. The number of likely N-dealkylation sites (tertiary alicyclic amines) is 1. The van der Waals surface area contributed by atoms with Gasteiger partial charge in [-0.2, -0.15) is 0 Å². The van der Waals surface area contributed by atoms with Crippen molar-refractivity contribution in [2.45, 2.75) is 63.8 Å². The summed E-state index contributed by atoms with van der Waals surface area (Å²) in [5.74, 6) is 0.0759. The molecule has 1 atom stereocenters. The lowest BCUT2D eigenvalue weighted by Crippen LogP contribution is -2.45. The van der Waals surface area contributed by atoms with Crippen LogP contribution in [0.5, 0.6) is 0 Å². The lowest BCUT2D eigenvalue weighted by Gasteiger charge is -2.29. The monoisotopic (exact) mass is 307 g/mol. The van der Waals surface area contributed by atoms with Crippen LogP contribution in [0.4, 0.5) is 4.79 Å². The van der Waals surface area contributed by atoms with Crippen LogP contribution in [0, 0.1) is 11.3 Å². The highest BCUT2D eigenvalue weighted by atomic mass is 16.2. The summed E-state index contributed by atoms with van der Waals surface area (Å²) in [4.78, 5) is 26.8. The van der Waals surface area contributed by atoms with E-state index in [1.807, 2.05) is 4.90 Å². The number of hydrogen-bond acceptors (Lipinski definition) is 2. The average molecular weight is 307 g/mol. The summed E-state index contributed by atoms with van der Waals surface area (Å²) in [6.45, 7) is 1.34. The first-order valence-electron chi connectivity index (χ1n) is 8.92. The molecule has 1 spiro atoms. The molecule has 0 radical (unpaired) electrons. The minimum Gasteiger partial charge on any atom is -0.359 e. The molecule has 2 N–H and O–H groups in total. The Morgan fingerprint density at radius 2 is 1.73 bits per heavy atom. The Labute approximate surface area is 133 Å². The van der Waals surface area contributed by atoms with Crippen LogP contribution in [-0.4, -0.2) is 43.0 Å². The summed E-state index contributed by atoms with van der Waals surface area (Å²) in [7, 11) is 1.70. The highest BCUT2D eigenvalue weighted by molar-refractivity contribution is 5.82. The number of nitrogens with one attached hydrogen (secondary N) is 2. The molecule has 0 aromatic rings. The molecular weight excluding hydrogens is 278 g/mol. The zero-order chi connectivity index (χ0) is 15.6. The first kappa shape index (κ1) is 15.6. The van der Waals surface area contributed by atoms with Gasteiger partial charge < -0.3 is 15.5 Å². The number of rotatable bonds is 2. The van der Waals surface area contributed by atoms with E-state index in [9.17, 15) is 9.59 Å². The van der Waals surface area contributed by atoms with Crippen LogP contribution >= 0.6 is 0 Å². The van der Waals surface area contributed by atoms with Gasteiger partial charge in [0.2, 0.25) is 5.91 Å². The molecule has 2 saturated carbocycles. The quantitative estimate of drug-likeness (QED) is 0.822. The van der Waals surface area contributed by atoms with Crippen LogP contribution in [0.2, 0.25) is 0 Å². The van der Waals surface area contributed by atoms with Gasteiger partial charge in [-0.1, -0.05) is 32.1 Å². The summed E-state index contributed by atoms with van der Waals surface area (Å²) in [5.41, 5.74) is 0.0317. The van der Waals surface area contributed by atoms with Crippen molar-refractivity contribution in [1.82, 2.24) is 15.5 Å². The summed E-state index contributed by atoms with van der Waals surface area (Å²) in [6.07, 6.45) is 10.5. The van der Waals surface area contributed by atoms with Crippen molar-refractivity contribution in [2.75, 3.05) is 20.1 Å². The van der Waals surface area contributed by atoms with E-state index in [1.165, 1.54) is 32.1 Å². The van der Waals surface area contributed by atoms with Crippen LogP contribution in [-0.2, 0) is 4.79 Å². The molecule has 0 unspecified atom stereocenters. The zero-order valence-electron chi connectivity index (χ0n) is 13.7. The molecule has 1 aliphatic heterocycles. The van der Waals surface area contributed by atoms with Crippen LogP contribution in [0.25, 0.3) is 0 Å². The van der Waals surface area contributed by atoms with Crippen LogP contribution in [0.1, 0.15) is 57.8 Å². The van der Waals surface area contributed by atoms with Crippen molar-refractivity contribution < 1.29 is 9.59 Å². The van der Waals surface area contributed by atoms with Crippen LogP contribution in [0.3, 0.4) is 0 Å². The van der Waals surface area contributed by atoms with E-state index in [0.29, 0.717) is 12.6 Å². The summed E-state index contributed by atoms with van der Waals surface area (Å²) < 4.78 is 0. The highest BCUT2D eigenvalue weighted by Gasteiger charge is 2.52. The largest absolute Gasteiger partial charge is 0.359 e. The summed E-state index contributed by atoms with van der Waals surface area (Å²) in [6, 6.07) is 0.379. The molecule has 5 heteroatoms. The van der Waals surface area contributed by atoms with E-state index in [2.05, 4.69) is 10.6 Å². The second-order valence-corrected chi connectivity index (χ2v) is 7.40. The first-order valence-corrected chi connectivity index (χ1v) is 8.92. The minimum absolute atomic E-state index is 0.0305. The topological polar surface area (TPSA) is 61.4 Å². The van der Waals surface area contributed by atoms with Crippen LogP contribution < -0.4 is 10.6 Å². The van der Waals surface area contributed by atoms with Gasteiger partial charge in [0.25, 0.3) is 0 Å². The summed E-state index contributed by atoms with van der Waals surface area (Å²) >= 11 is 0. The molecule has 3 fully saturated rings. The van der Waals surface area contributed by atoms with Crippen molar-refractivity contribution in [2.24, 2.45) is 11.3 Å². The molecule has 5 nitrogen and oxygen atoms in total.